The highest BCUT2D eigenvalue weighted by Crippen LogP contribution is 2.19. The molecule has 0 saturated heterocycles. The van der Waals surface area contributed by atoms with Gasteiger partial charge in [-0.3, -0.25) is 14.4 Å². The Kier molecular flexibility index (Phi) is 39.4. The van der Waals surface area contributed by atoms with Crippen LogP contribution in [0.25, 0.3) is 0 Å². The molecule has 0 radical (unpaired) electrons. The molecule has 0 rings (SSSR count). The highest BCUT2D eigenvalue weighted by atomic mass is 16.5. The zero-order valence-electron chi connectivity index (χ0n) is 35.7. The van der Waals surface area contributed by atoms with Gasteiger partial charge in [0, 0.05) is 12.8 Å². The zero-order chi connectivity index (χ0) is 40.5. The van der Waals surface area contributed by atoms with E-state index < -0.39 is 24.5 Å². The van der Waals surface area contributed by atoms with Crippen molar-refractivity contribution in [3.8, 4) is 0 Å². The van der Waals surface area contributed by atoms with Crippen molar-refractivity contribution >= 4 is 23.8 Å². The topological polar surface area (TPSA) is 142 Å². The van der Waals surface area contributed by atoms with Gasteiger partial charge in [0.25, 0.3) is 0 Å². The van der Waals surface area contributed by atoms with Crippen LogP contribution in [0, 0.1) is 0 Å². The standard InChI is InChI=1S/C46H86N2O7/c1-3-5-7-9-11-12-13-14-15-16-17-18-19-20-21-22-23-24-25-30-34-38-45(52)55-41(35-31-27-10-8-6-4-2)36-32-28-26-29-33-37-43(50)47-39-44(51)48-42(40-49)46(53)54/h16-17,41-42,49H,3-15,18-40H2,1-2H3,(H,47,50)(H,48,51)(H,53,54)/b17-16-. The van der Waals surface area contributed by atoms with Crippen LogP contribution in [0.2, 0.25) is 0 Å². The molecule has 0 aromatic rings. The Labute approximate surface area is 337 Å². The largest absolute Gasteiger partial charge is 0.480 e. The lowest BCUT2D eigenvalue weighted by Gasteiger charge is -2.18. The summed E-state index contributed by atoms with van der Waals surface area (Å²) in [6.07, 6.45) is 44.1. The minimum absolute atomic E-state index is 0.00690. The number of unbranched alkanes of at least 4 members (excludes halogenated alkanes) is 26. The number of rotatable bonds is 42. The van der Waals surface area contributed by atoms with E-state index in [-0.39, 0.29) is 24.5 Å². The van der Waals surface area contributed by atoms with Crippen molar-refractivity contribution in [3.05, 3.63) is 12.2 Å². The van der Waals surface area contributed by atoms with Crippen LogP contribution in [0.3, 0.4) is 0 Å². The Hall–Kier alpha value is -2.42. The van der Waals surface area contributed by atoms with E-state index >= 15 is 0 Å². The number of carboxylic acids is 1. The average molecular weight is 779 g/mol. The number of amides is 2. The van der Waals surface area contributed by atoms with Crippen molar-refractivity contribution in [1.82, 2.24) is 10.6 Å². The Balaban J connectivity index is 4.00. The molecule has 0 bridgehead atoms. The van der Waals surface area contributed by atoms with Crippen molar-refractivity contribution in [3.63, 3.8) is 0 Å². The number of esters is 1. The third-order valence-corrected chi connectivity index (χ3v) is 10.5. The SMILES string of the molecule is CCCCCCCCCC/C=C\CCCCCCCCCCCC(=O)OC(CCCCCCCC)CCCCCCCC(=O)NCC(=O)NC(CO)C(=O)O. The number of hydrogen-bond donors (Lipinski definition) is 4. The number of ether oxygens (including phenoxy) is 1. The monoisotopic (exact) mass is 779 g/mol. The molecule has 2 amide bonds. The van der Waals surface area contributed by atoms with Crippen LogP contribution in [0.5, 0.6) is 0 Å². The highest BCUT2D eigenvalue weighted by Gasteiger charge is 2.19. The number of aliphatic hydroxyl groups is 1. The van der Waals surface area contributed by atoms with Crippen LogP contribution in [0.4, 0.5) is 0 Å². The van der Waals surface area contributed by atoms with Gasteiger partial charge in [-0.1, -0.05) is 167 Å². The zero-order valence-corrected chi connectivity index (χ0v) is 35.7. The van der Waals surface area contributed by atoms with E-state index in [1.807, 2.05) is 0 Å². The number of allylic oxidation sites excluding steroid dienone is 2. The number of nitrogens with one attached hydrogen (secondary N) is 2. The number of aliphatic carboxylic acids is 1. The molecule has 322 valence electrons. The van der Waals surface area contributed by atoms with Crippen LogP contribution in [-0.2, 0) is 23.9 Å². The second-order valence-electron chi connectivity index (χ2n) is 15.8. The molecule has 2 unspecified atom stereocenters. The Bertz CT molecular complexity index is 941. The maximum Gasteiger partial charge on any atom is 0.328 e. The first-order valence-corrected chi connectivity index (χ1v) is 23.1. The molecule has 9 heteroatoms. The molecule has 0 saturated carbocycles. The van der Waals surface area contributed by atoms with Gasteiger partial charge in [0.1, 0.15) is 12.1 Å². The number of carbonyl (C=O) groups is 4. The molecule has 0 fully saturated rings. The molecule has 9 nitrogen and oxygen atoms in total. The smallest absolute Gasteiger partial charge is 0.328 e. The van der Waals surface area contributed by atoms with E-state index in [9.17, 15) is 19.2 Å². The lowest BCUT2D eigenvalue weighted by Crippen LogP contribution is -2.47. The number of carbonyl (C=O) groups excluding carboxylic acids is 3. The summed E-state index contributed by atoms with van der Waals surface area (Å²) in [7, 11) is 0. The third-order valence-electron chi connectivity index (χ3n) is 10.5. The summed E-state index contributed by atoms with van der Waals surface area (Å²) < 4.78 is 6.00. The normalized spacial score (nSPS) is 12.5. The molecular weight excluding hydrogens is 693 g/mol. The summed E-state index contributed by atoms with van der Waals surface area (Å²) >= 11 is 0. The van der Waals surface area contributed by atoms with Crippen molar-refractivity contribution in [2.75, 3.05) is 13.2 Å². The maximum absolute atomic E-state index is 12.7. The summed E-state index contributed by atoms with van der Waals surface area (Å²) in [5, 5.41) is 22.5. The van der Waals surface area contributed by atoms with Crippen LogP contribution in [0.15, 0.2) is 12.2 Å². The van der Waals surface area contributed by atoms with Gasteiger partial charge in [0.05, 0.1) is 13.2 Å². The molecule has 0 aromatic heterocycles. The van der Waals surface area contributed by atoms with E-state index in [2.05, 4.69) is 36.6 Å². The van der Waals surface area contributed by atoms with Gasteiger partial charge in [0.2, 0.25) is 11.8 Å². The van der Waals surface area contributed by atoms with Crippen LogP contribution in [-0.4, -0.2) is 59.3 Å². The first-order chi connectivity index (χ1) is 26.8. The predicted molar refractivity (Wildman–Crippen MR) is 227 cm³/mol. The van der Waals surface area contributed by atoms with Crippen molar-refractivity contribution < 1.29 is 34.1 Å². The molecule has 2 atom stereocenters. The number of carboxylic acid groups (broad SMARTS) is 1. The summed E-state index contributed by atoms with van der Waals surface area (Å²) in [6.45, 7) is 3.47. The molecule has 0 aromatic carbocycles. The summed E-state index contributed by atoms with van der Waals surface area (Å²) in [6, 6.07) is -1.38. The van der Waals surface area contributed by atoms with Gasteiger partial charge in [-0.05, 0) is 64.2 Å². The third kappa shape index (κ3) is 38.2. The second kappa shape index (κ2) is 41.2. The predicted octanol–water partition coefficient (Wildman–Crippen LogP) is 11.4. The van der Waals surface area contributed by atoms with E-state index in [0.29, 0.717) is 19.3 Å². The Morgan fingerprint density at radius 2 is 0.927 bits per heavy atom. The van der Waals surface area contributed by atoms with Gasteiger partial charge in [0.15, 0.2) is 0 Å². The van der Waals surface area contributed by atoms with Gasteiger partial charge in [-0.2, -0.15) is 0 Å². The Morgan fingerprint density at radius 1 is 0.527 bits per heavy atom. The first-order valence-electron chi connectivity index (χ1n) is 23.1. The lowest BCUT2D eigenvalue weighted by atomic mass is 10.0. The summed E-state index contributed by atoms with van der Waals surface area (Å²) in [5.74, 6) is -2.28. The average Bonchev–Trinajstić information content (AvgIpc) is 3.17. The van der Waals surface area contributed by atoms with Crippen LogP contribution >= 0.6 is 0 Å². The fraction of sp³-hybridized carbons (Fsp3) is 0.870. The van der Waals surface area contributed by atoms with E-state index in [1.165, 1.54) is 141 Å². The maximum atomic E-state index is 12.7. The quantitative estimate of drug-likeness (QED) is 0.0274. The number of aliphatic hydroxyl groups excluding tert-OH is 1. The fourth-order valence-electron chi connectivity index (χ4n) is 6.95. The molecule has 0 heterocycles. The van der Waals surface area contributed by atoms with Crippen LogP contribution in [0.1, 0.15) is 232 Å². The molecule has 0 aliphatic heterocycles. The fourth-order valence-corrected chi connectivity index (χ4v) is 6.95. The summed E-state index contributed by atoms with van der Waals surface area (Å²) in [5.41, 5.74) is 0. The van der Waals surface area contributed by atoms with E-state index in [0.717, 1.165) is 57.8 Å². The van der Waals surface area contributed by atoms with Gasteiger partial charge in [-0.15, -0.1) is 0 Å². The minimum atomic E-state index is -1.38. The molecular formula is C46H86N2O7. The van der Waals surface area contributed by atoms with Crippen molar-refractivity contribution in [1.29, 1.82) is 0 Å². The Morgan fingerprint density at radius 3 is 1.36 bits per heavy atom. The molecule has 0 aliphatic carbocycles. The molecule has 4 N–H and O–H groups in total. The van der Waals surface area contributed by atoms with E-state index in [1.54, 1.807) is 0 Å². The van der Waals surface area contributed by atoms with Gasteiger partial charge >= 0.3 is 11.9 Å². The number of hydrogen-bond acceptors (Lipinski definition) is 6. The highest BCUT2D eigenvalue weighted by molar-refractivity contribution is 5.87. The molecule has 0 spiro atoms. The molecule has 0 aliphatic rings. The first kappa shape index (κ1) is 52.6. The minimum Gasteiger partial charge on any atom is -0.480 e. The van der Waals surface area contributed by atoms with Gasteiger partial charge < -0.3 is 25.6 Å². The van der Waals surface area contributed by atoms with Gasteiger partial charge in [-0.25, -0.2) is 4.79 Å². The van der Waals surface area contributed by atoms with E-state index in [4.69, 9.17) is 14.9 Å². The molecule has 55 heavy (non-hydrogen) atoms. The van der Waals surface area contributed by atoms with Crippen molar-refractivity contribution in [2.24, 2.45) is 0 Å². The summed E-state index contributed by atoms with van der Waals surface area (Å²) in [4.78, 5) is 47.5. The van der Waals surface area contributed by atoms with Crippen LogP contribution < -0.4 is 10.6 Å². The lowest BCUT2D eigenvalue weighted by molar-refractivity contribution is -0.150. The van der Waals surface area contributed by atoms with Crippen molar-refractivity contribution in [2.45, 2.75) is 244 Å². The second-order valence-corrected chi connectivity index (χ2v) is 15.8.